The molecule has 2 aromatic rings. The van der Waals surface area contributed by atoms with E-state index in [0.717, 1.165) is 0 Å². The first-order valence-electron chi connectivity index (χ1n) is 5.65. The fraction of sp³-hybridized carbons (Fsp3) is 0.154. The predicted octanol–water partition coefficient (Wildman–Crippen LogP) is 2.40. The van der Waals surface area contributed by atoms with Crippen LogP contribution >= 0.6 is 11.6 Å². The van der Waals surface area contributed by atoms with Crippen molar-refractivity contribution < 1.29 is 14.3 Å². The predicted molar refractivity (Wildman–Crippen MR) is 74.5 cm³/mol. The summed E-state index contributed by atoms with van der Waals surface area (Å²) < 4.78 is 10.3. The van der Waals surface area contributed by atoms with Crippen molar-refractivity contribution in [2.75, 3.05) is 19.5 Å². The SMILES string of the molecule is COc1cccc(C(=O)Nc2cc(Cl)ncn2)c1OC. The molecule has 0 atom stereocenters. The number of carbonyl (C=O) groups is 1. The van der Waals surface area contributed by atoms with E-state index in [2.05, 4.69) is 15.3 Å². The Bertz CT molecular complexity index is 634. The molecule has 2 rings (SSSR count). The summed E-state index contributed by atoms with van der Waals surface area (Å²) >= 11 is 5.73. The van der Waals surface area contributed by atoms with Gasteiger partial charge in [0, 0.05) is 6.07 Å². The molecular weight excluding hydrogens is 282 g/mol. The van der Waals surface area contributed by atoms with Crippen LogP contribution in [-0.2, 0) is 0 Å². The average Bonchev–Trinajstić information content (AvgIpc) is 2.46. The average molecular weight is 294 g/mol. The lowest BCUT2D eigenvalue weighted by Gasteiger charge is -2.12. The van der Waals surface area contributed by atoms with Gasteiger partial charge in [0.1, 0.15) is 17.3 Å². The third kappa shape index (κ3) is 2.97. The van der Waals surface area contributed by atoms with Crippen LogP contribution in [-0.4, -0.2) is 30.1 Å². The minimum absolute atomic E-state index is 0.243. The van der Waals surface area contributed by atoms with Crippen LogP contribution in [0.15, 0.2) is 30.6 Å². The fourth-order valence-electron chi connectivity index (χ4n) is 1.65. The number of hydrogen-bond donors (Lipinski definition) is 1. The molecule has 0 radical (unpaired) electrons. The van der Waals surface area contributed by atoms with Gasteiger partial charge in [-0.2, -0.15) is 0 Å². The maximum Gasteiger partial charge on any atom is 0.260 e. The maximum absolute atomic E-state index is 12.2. The zero-order valence-electron chi connectivity index (χ0n) is 10.9. The van der Waals surface area contributed by atoms with E-state index in [1.54, 1.807) is 18.2 Å². The molecule has 1 heterocycles. The zero-order chi connectivity index (χ0) is 14.5. The van der Waals surface area contributed by atoms with E-state index >= 15 is 0 Å². The largest absolute Gasteiger partial charge is 0.493 e. The number of para-hydroxylation sites is 1. The smallest absolute Gasteiger partial charge is 0.260 e. The number of methoxy groups -OCH3 is 2. The molecule has 6 nitrogen and oxygen atoms in total. The third-order valence-electron chi connectivity index (χ3n) is 2.52. The number of carbonyl (C=O) groups excluding carboxylic acids is 1. The molecule has 0 aliphatic carbocycles. The number of ether oxygens (including phenoxy) is 2. The summed E-state index contributed by atoms with van der Waals surface area (Å²) in [5, 5.41) is 2.86. The van der Waals surface area contributed by atoms with Crippen molar-refractivity contribution in [3.63, 3.8) is 0 Å². The third-order valence-corrected chi connectivity index (χ3v) is 2.73. The summed E-state index contributed by atoms with van der Waals surface area (Å²) in [7, 11) is 2.97. The van der Waals surface area contributed by atoms with Crippen molar-refractivity contribution in [1.29, 1.82) is 0 Å². The van der Waals surface area contributed by atoms with Crippen LogP contribution in [0, 0.1) is 0 Å². The van der Waals surface area contributed by atoms with E-state index in [1.807, 2.05) is 0 Å². The molecule has 104 valence electrons. The number of nitrogens with zero attached hydrogens (tertiary/aromatic N) is 2. The van der Waals surface area contributed by atoms with E-state index in [4.69, 9.17) is 21.1 Å². The molecule has 1 aromatic heterocycles. The van der Waals surface area contributed by atoms with Crippen LogP contribution in [0.1, 0.15) is 10.4 Å². The Labute approximate surface area is 120 Å². The van der Waals surface area contributed by atoms with Crippen LogP contribution in [0.3, 0.4) is 0 Å². The second kappa shape index (κ2) is 6.21. The molecular formula is C13H12ClN3O3. The number of amides is 1. The van der Waals surface area contributed by atoms with Crippen LogP contribution in [0.5, 0.6) is 11.5 Å². The van der Waals surface area contributed by atoms with Gasteiger partial charge in [0.05, 0.1) is 19.8 Å². The van der Waals surface area contributed by atoms with Crippen molar-refractivity contribution in [2.45, 2.75) is 0 Å². The Morgan fingerprint density at radius 2 is 2.05 bits per heavy atom. The number of rotatable bonds is 4. The minimum atomic E-state index is -0.379. The van der Waals surface area contributed by atoms with Crippen LogP contribution < -0.4 is 14.8 Å². The first kappa shape index (κ1) is 14.1. The van der Waals surface area contributed by atoms with E-state index < -0.39 is 0 Å². The number of anilines is 1. The molecule has 0 aliphatic heterocycles. The molecule has 0 fully saturated rings. The van der Waals surface area contributed by atoms with Gasteiger partial charge in [0.2, 0.25) is 0 Å². The lowest BCUT2D eigenvalue weighted by molar-refractivity contribution is 0.102. The Morgan fingerprint density at radius 1 is 1.25 bits per heavy atom. The summed E-state index contributed by atoms with van der Waals surface area (Å²) in [5.74, 6) is 0.754. The molecule has 20 heavy (non-hydrogen) atoms. The van der Waals surface area contributed by atoms with E-state index in [-0.39, 0.29) is 11.1 Å². The molecule has 1 aromatic carbocycles. The molecule has 1 N–H and O–H groups in total. The number of halogens is 1. The molecule has 1 amide bonds. The summed E-state index contributed by atoms with van der Waals surface area (Å²) in [6.07, 6.45) is 1.26. The Kier molecular flexibility index (Phi) is 4.37. The second-order valence-electron chi connectivity index (χ2n) is 3.72. The molecule has 0 bridgehead atoms. The molecule has 0 saturated heterocycles. The van der Waals surface area contributed by atoms with Gasteiger partial charge in [-0.1, -0.05) is 17.7 Å². The normalized spacial score (nSPS) is 9.95. The number of nitrogens with one attached hydrogen (secondary N) is 1. The number of hydrogen-bond acceptors (Lipinski definition) is 5. The number of aromatic nitrogens is 2. The summed E-state index contributed by atoms with van der Waals surface area (Å²) in [6.45, 7) is 0. The van der Waals surface area contributed by atoms with Gasteiger partial charge in [0.25, 0.3) is 5.91 Å². The molecule has 0 spiro atoms. The molecule has 0 unspecified atom stereocenters. The highest BCUT2D eigenvalue weighted by Crippen LogP contribution is 2.31. The van der Waals surface area contributed by atoms with E-state index in [0.29, 0.717) is 22.9 Å². The van der Waals surface area contributed by atoms with Crippen molar-refractivity contribution in [3.8, 4) is 11.5 Å². The monoisotopic (exact) mass is 293 g/mol. The molecule has 7 heteroatoms. The minimum Gasteiger partial charge on any atom is -0.493 e. The first-order chi connectivity index (χ1) is 9.65. The standard InChI is InChI=1S/C13H12ClN3O3/c1-19-9-5-3-4-8(12(9)20-2)13(18)17-11-6-10(14)15-7-16-11/h3-7H,1-2H3,(H,15,16,17,18). The topological polar surface area (TPSA) is 73.3 Å². The Hall–Kier alpha value is -2.34. The first-order valence-corrected chi connectivity index (χ1v) is 6.03. The zero-order valence-corrected chi connectivity index (χ0v) is 11.6. The summed E-state index contributed by atoms with van der Waals surface area (Å²) in [5.41, 5.74) is 0.335. The van der Waals surface area contributed by atoms with E-state index in [1.165, 1.54) is 26.6 Å². The maximum atomic E-state index is 12.2. The van der Waals surface area contributed by atoms with Gasteiger partial charge in [-0.15, -0.1) is 0 Å². The quantitative estimate of drug-likeness (QED) is 0.876. The summed E-state index contributed by atoms with van der Waals surface area (Å²) in [4.78, 5) is 19.9. The van der Waals surface area contributed by atoms with Gasteiger partial charge in [0.15, 0.2) is 11.5 Å². The van der Waals surface area contributed by atoms with Gasteiger partial charge in [-0.25, -0.2) is 9.97 Å². The molecule has 0 saturated carbocycles. The molecule has 0 aliphatic rings. The number of benzene rings is 1. The van der Waals surface area contributed by atoms with Crippen molar-refractivity contribution in [1.82, 2.24) is 9.97 Å². The Balaban J connectivity index is 2.30. The van der Waals surface area contributed by atoms with Crippen molar-refractivity contribution in [3.05, 3.63) is 41.3 Å². The van der Waals surface area contributed by atoms with E-state index in [9.17, 15) is 4.79 Å². The van der Waals surface area contributed by atoms with Gasteiger partial charge in [-0.3, -0.25) is 4.79 Å². The van der Waals surface area contributed by atoms with Crippen LogP contribution in [0.25, 0.3) is 0 Å². The van der Waals surface area contributed by atoms with Crippen molar-refractivity contribution in [2.24, 2.45) is 0 Å². The Morgan fingerprint density at radius 3 is 2.70 bits per heavy atom. The summed E-state index contributed by atoms with van der Waals surface area (Å²) in [6, 6.07) is 6.48. The van der Waals surface area contributed by atoms with Gasteiger partial charge < -0.3 is 14.8 Å². The fourth-order valence-corrected chi connectivity index (χ4v) is 1.80. The highest BCUT2D eigenvalue weighted by atomic mass is 35.5. The second-order valence-corrected chi connectivity index (χ2v) is 4.11. The van der Waals surface area contributed by atoms with Gasteiger partial charge in [-0.05, 0) is 12.1 Å². The lowest BCUT2D eigenvalue weighted by atomic mass is 10.1. The van der Waals surface area contributed by atoms with Crippen molar-refractivity contribution >= 4 is 23.3 Å². The lowest BCUT2D eigenvalue weighted by Crippen LogP contribution is -2.14. The van der Waals surface area contributed by atoms with Crippen LogP contribution in [0.4, 0.5) is 5.82 Å². The highest BCUT2D eigenvalue weighted by molar-refractivity contribution is 6.29. The highest BCUT2D eigenvalue weighted by Gasteiger charge is 2.16. The van der Waals surface area contributed by atoms with Crippen LogP contribution in [0.2, 0.25) is 5.15 Å². The van der Waals surface area contributed by atoms with Gasteiger partial charge >= 0.3 is 0 Å².